The Morgan fingerprint density at radius 3 is 2.21 bits per heavy atom. The number of hydrogen-bond acceptors (Lipinski definition) is 8. The average molecular weight is 691 g/mol. The molecule has 3 heterocycles. The number of carboxylic acids is 1. The normalized spacial score (nSPS) is 21.3. The van der Waals surface area contributed by atoms with Crippen LogP contribution in [0.3, 0.4) is 0 Å². The van der Waals surface area contributed by atoms with Gasteiger partial charge in [0.05, 0.1) is 42.7 Å². The molecule has 0 spiro atoms. The Morgan fingerprint density at radius 1 is 1.04 bits per heavy atom. The number of aliphatic hydroxyl groups excluding tert-OH is 1. The van der Waals surface area contributed by atoms with Gasteiger partial charge in [0.15, 0.2) is 0 Å². The van der Waals surface area contributed by atoms with Crippen molar-refractivity contribution in [3.63, 3.8) is 0 Å². The van der Waals surface area contributed by atoms with Crippen LogP contribution in [0.15, 0.2) is 36.4 Å². The van der Waals surface area contributed by atoms with Crippen molar-refractivity contribution in [2.24, 2.45) is 0 Å². The van der Waals surface area contributed by atoms with Crippen LogP contribution >= 0.6 is 0 Å². The van der Waals surface area contributed by atoms with Crippen molar-refractivity contribution in [1.82, 2.24) is 14.9 Å². The van der Waals surface area contributed by atoms with Gasteiger partial charge in [0.1, 0.15) is 11.9 Å². The van der Waals surface area contributed by atoms with E-state index in [9.17, 15) is 45.0 Å². The van der Waals surface area contributed by atoms with Gasteiger partial charge in [-0.05, 0) is 61.7 Å². The first-order chi connectivity index (χ1) is 22.3. The third-order valence-corrected chi connectivity index (χ3v) is 8.23. The van der Waals surface area contributed by atoms with E-state index in [4.69, 9.17) is 14.6 Å². The lowest BCUT2D eigenvalue weighted by atomic mass is 9.96. The van der Waals surface area contributed by atoms with Crippen LogP contribution in [-0.2, 0) is 34.8 Å². The Morgan fingerprint density at radius 2 is 1.67 bits per heavy atom. The topological polar surface area (TPSA) is 108 Å². The quantitative estimate of drug-likeness (QED) is 0.254. The first-order valence-electron chi connectivity index (χ1n) is 14.6. The Bertz CT molecular complexity index is 1660. The predicted octanol–water partition coefficient (Wildman–Crippen LogP) is 6.21. The van der Waals surface area contributed by atoms with Crippen LogP contribution in [-0.4, -0.2) is 69.6 Å². The number of halogens is 8. The minimum atomic E-state index is -5.11. The monoisotopic (exact) mass is 690 g/mol. The zero-order valence-electron chi connectivity index (χ0n) is 25.7. The maximum atomic E-state index is 13.8. The summed E-state index contributed by atoms with van der Waals surface area (Å²) < 4.78 is 120. The summed E-state index contributed by atoms with van der Waals surface area (Å²) >= 11 is 0. The van der Waals surface area contributed by atoms with Crippen LogP contribution in [0.25, 0.3) is 11.1 Å². The van der Waals surface area contributed by atoms with Gasteiger partial charge in [0, 0.05) is 30.1 Å². The van der Waals surface area contributed by atoms with Crippen LogP contribution in [0.4, 0.5) is 41.1 Å². The van der Waals surface area contributed by atoms with E-state index < -0.39 is 72.6 Å². The lowest BCUT2D eigenvalue weighted by molar-refractivity contribution is -0.154. The molecule has 0 saturated carbocycles. The number of aryl methyl sites for hydroxylation is 2. The zero-order valence-corrected chi connectivity index (χ0v) is 25.7. The number of aliphatic carboxylic acids is 1. The van der Waals surface area contributed by atoms with Crippen molar-refractivity contribution in [3.05, 3.63) is 70.0 Å². The van der Waals surface area contributed by atoms with E-state index in [1.54, 1.807) is 25.1 Å². The lowest BCUT2D eigenvalue weighted by Crippen LogP contribution is -2.57. The maximum Gasteiger partial charge on any atom is 0.416 e. The van der Waals surface area contributed by atoms with Crippen molar-refractivity contribution >= 4 is 11.9 Å². The van der Waals surface area contributed by atoms with Gasteiger partial charge in [0.2, 0.25) is 12.4 Å². The van der Waals surface area contributed by atoms with Gasteiger partial charge in [-0.25, -0.2) is 23.6 Å². The van der Waals surface area contributed by atoms with E-state index in [0.717, 1.165) is 0 Å². The number of nitrogens with zero attached hydrogens (tertiary/aromatic N) is 4. The summed E-state index contributed by atoms with van der Waals surface area (Å²) in [6.45, 7) is 1.37. The number of benzene rings is 2. The fraction of sp³-hybridized carbons (Fsp3) is 0.452. The van der Waals surface area contributed by atoms with Gasteiger partial charge in [-0.3, -0.25) is 4.79 Å². The SMILES string of the molecule is COc1ccc(CCC(=O)O)cc1-c1c(C)nc(N2CC(F)(F)C2)nc1CN1C(O)O[C@H](c2cc(C(F)(F)F)cc(C(F)(F)F)c2)[C@@H]1C. The number of aliphatic hydroxyl groups is 1. The maximum absolute atomic E-state index is 13.8. The number of ether oxygens (including phenoxy) is 2. The van der Waals surface area contributed by atoms with E-state index in [0.29, 0.717) is 40.3 Å². The molecule has 2 aromatic carbocycles. The van der Waals surface area contributed by atoms with Crippen molar-refractivity contribution in [2.45, 2.75) is 70.1 Å². The third-order valence-electron chi connectivity index (χ3n) is 8.23. The molecule has 3 aromatic rings. The number of alkyl halides is 8. The van der Waals surface area contributed by atoms with Crippen LogP contribution in [0.1, 0.15) is 53.1 Å². The van der Waals surface area contributed by atoms with E-state index in [1.165, 1.54) is 23.8 Å². The molecule has 2 aliphatic heterocycles. The second kappa shape index (κ2) is 12.7. The Labute approximate surface area is 268 Å². The van der Waals surface area contributed by atoms with Crippen LogP contribution < -0.4 is 9.64 Å². The average Bonchev–Trinajstić information content (AvgIpc) is 3.25. The molecule has 0 bridgehead atoms. The van der Waals surface area contributed by atoms with Crippen molar-refractivity contribution in [2.75, 3.05) is 25.1 Å². The fourth-order valence-corrected chi connectivity index (χ4v) is 5.83. The summed E-state index contributed by atoms with van der Waals surface area (Å²) in [6.07, 6.45) is -13.5. The third kappa shape index (κ3) is 7.32. The highest BCUT2D eigenvalue weighted by atomic mass is 19.4. The second-order valence-electron chi connectivity index (χ2n) is 11.7. The molecule has 3 atom stereocenters. The molecule has 2 N–H and O–H groups in total. The summed E-state index contributed by atoms with van der Waals surface area (Å²) in [5.74, 6) is -3.75. The number of anilines is 1. The minimum Gasteiger partial charge on any atom is -0.496 e. The molecule has 2 fully saturated rings. The summed E-state index contributed by atoms with van der Waals surface area (Å²) in [5, 5.41) is 20.1. The number of rotatable bonds is 9. The highest BCUT2D eigenvalue weighted by Crippen LogP contribution is 2.43. The standard InChI is InChI=1S/C31H30F8N4O5/c1-15-25(21-8-17(5-7-24(44)45)4-6-23(21)47-3)22(41-27(40-15)42-13-29(32,33)14-42)12-43-16(2)26(48-28(43)46)18-9-19(30(34,35)36)11-20(10-18)31(37,38)39/h4,6,8-11,16,26,28,46H,5,7,12-14H2,1-3H3,(H,44,45)/t16-,26-,28?/m0/s1. The zero-order chi connectivity index (χ0) is 35.3. The van der Waals surface area contributed by atoms with Crippen LogP contribution in [0.2, 0.25) is 0 Å². The Kier molecular flexibility index (Phi) is 9.35. The summed E-state index contributed by atoms with van der Waals surface area (Å²) in [6, 6.07) is 4.94. The first kappa shape index (κ1) is 35.2. The summed E-state index contributed by atoms with van der Waals surface area (Å²) in [5.41, 5.74) is -1.77. The molecule has 1 aromatic heterocycles. The number of aromatic nitrogens is 2. The van der Waals surface area contributed by atoms with E-state index in [1.807, 2.05) is 0 Å². The molecule has 1 unspecified atom stereocenters. The molecule has 0 radical (unpaired) electrons. The Balaban J connectivity index is 1.57. The number of carbonyl (C=O) groups is 1. The van der Waals surface area contributed by atoms with Gasteiger partial charge in [-0.15, -0.1) is 0 Å². The molecular formula is C31H30F8N4O5. The predicted molar refractivity (Wildman–Crippen MR) is 153 cm³/mol. The summed E-state index contributed by atoms with van der Waals surface area (Å²) in [4.78, 5) is 22.6. The smallest absolute Gasteiger partial charge is 0.416 e. The minimum absolute atomic E-state index is 0.00787. The highest BCUT2D eigenvalue weighted by molar-refractivity contribution is 5.76. The van der Waals surface area contributed by atoms with E-state index in [2.05, 4.69) is 9.97 Å². The highest BCUT2D eigenvalue weighted by Gasteiger charge is 2.46. The first-order valence-corrected chi connectivity index (χ1v) is 14.6. The van der Waals surface area contributed by atoms with Gasteiger partial charge in [-0.2, -0.15) is 26.3 Å². The van der Waals surface area contributed by atoms with Gasteiger partial charge in [0.25, 0.3) is 5.92 Å². The lowest BCUT2D eigenvalue weighted by Gasteiger charge is -2.39. The molecule has 5 rings (SSSR count). The molecule has 0 amide bonds. The fourth-order valence-electron chi connectivity index (χ4n) is 5.83. The van der Waals surface area contributed by atoms with E-state index in [-0.39, 0.29) is 37.1 Å². The number of methoxy groups -OCH3 is 1. The molecule has 9 nitrogen and oxygen atoms in total. The van der Waals surface area contributed by atoms with Crippen molar-refractivity contribution < 1.29 is 59.6 Å². The molecular weight excluding hydrogens is 660 g/mol. The molecule has 260 valence electrons. The summed E-state index contributed by atoms with van der Waals surface area (Å²) in [7, 11) is 1.39. The number of hydrogen-bond donors (Lipinski definition) is 2. The van der Waals surface area contributed by atoms with Crippen molar-refractivity contribution in [3.8, 4) is 16.9 Å². The largest absolute Gasteiger partial charge is 0.496 e. The van der Waals surface area contributed by atoms with Gasteiger partial charge in [-0.1, -0.05) is 6.07 Å². The molecule has 17 heteroatoms. The molecule has 2 saturated heterocycles. The molecule has 48 heavy (non-hydrogen) atoms. The molecule has 0 aliphatic carbocycles. The van der Waals surface area contributed by atoms with Crippen molar-refractivity contribution in [1.29, 1.82) is 0 Å². The van der Waals surface area contributed by atoms with Gasteiger partial charge >= 0.3 is 18.3 Å². The van der Waals surface area contributed by atoms with Gasteiger partial charge < -0.3 is 24.6 Å². The number of carboxylic acid groups (broad SMARTS) is 1. The van der Waals surface area contributed by atoms with Crippen LogP contribution in [0.5, 0.6) is 5.75 Å². The second-order valence-corrected chi connectivity index (χ2v) is 11.7. The Hall–Kier alpha value is -4.09. The van der Waals surface area contributed by atoms with Crippen LogP contribution in [0, 0.1) is 6.92 Å². The molecule has 2 aliphatic rings. The van der Waals surface area contributed by atoms with E-state index >= 15 is 0 Å².